The number of aryl methyl sites for hydroxylation is 1. The number of carbonyl (C=O) groups excluding carboxylic acids is 1. The van der Waals surface area contributed by atoms with Gasteiger partial charge in [0.1, 0.15) is 0 Å². The van der Waals surface area contributed by atoms with Crippen LogP contribution in [0.25, 0.3) is 0 Å². The molecule has 2 aromatic rings. The molecule has 23 heavy (non-hydrogen) atoms. The Morgan fingerprint density at radius 3 is 2.78 bits per heavy atom. The highest BCUT2D eigenvalue weighted by atomic mass is 16.5. The molecule has 1 saturated heterocycles. The maximum Gasteiger partial charge on any atom is 0.251 e. The van der Waals surface area contributed by atoms with Gasteiger partial charge >= 0.3 is 0 Å². The number of benzene rings is 1. The molecule has 1 aliphatic heterocycles. The number of nitrogens with one attached hydrogen (secondary N) is 1. The van der Waals surface area contributed by atoms with Gasteiger partial charge in [0.15, 0.2) is 5.82 Å². The third kappa shape index (κ3) is 3.22. The van der Waals surface area contributed by atoms with Crippen LogP contribution >= 0.6 is 0 Å². The Bertz CT molecular complexity index is 747. The number of nitriles is 1. The first-order valence-electron chi connectivity index (χ1n) is 7.38. The van der Waals surface area contributed by atoms with E-state index in [1.54, 1.807) is 31.2 Å². The molecule has 2 atom stereocenters. The lowest BCUT2D eigenvalue weighted by atomic mass is 10.1. The number of likely N-dealkylation sites (N-methyl/N-ethyl adjacent to an activating group) is 1. The second kappa shape index (κ2) is 6.18. The molecule has 1 N–H and O–H groups in total. The van der Waals surface area contributed by atoms with Crippen LogP contribution in [0.1, 0.15) is 40.1 Å². The molecule has 1 fully saturated rings. The van der Waals surface area contributed by atoms with Gasteiger partial charge in [-0.1, -0.05) is 5.16 Å². The molecule has 0 unspecified atom stereocenters. The first-order valence-corrected chi connectivity index (χ1v) is 7.38. The lowest BCUT2D eigenvalue weighted by molar-refractivity contribution is 0.0938. The minimum absolute atomic E-state index is 0.0142. The van der Waals surface area contributed by atoms with Gasteiger partial charge in [-0.15, -0.1) is 0 Å². The molecule has 0 spiro atoms. The van der Waals surface area contributed by atoms with Crippen LogP contribution in [0.4, 0.5) is 0 Å². The van der Waals surface area contributed by atoms with Crippen molar-refractivity contribution in [3.05, 3.63) is 47.1 Å². The molecule has 7 nitrogen and oxygen atoms in total. The van der Waals surface area contributed by atoms with Crippen LogP contribution in [-0.2, 0) is 0 Å². The van der Waals surface area contributed by atoms with E-state index in [9.17, 15) is 4.79 Å². The average molecular weight is 311 g/mol. The fourth-order valence-electron chi connectivity index (χ4n) is 2.81. The number of likely N-dealkylation sites (tertiary alicyclic amines) is 1. The summed E-state index contributed by atoms with van der Waals surface area (Å²) in [6, 6.07) is 8.66. The maximum atomic E-state index is 12.3. The molecule has 0 aliphatic carbocycles. The van der Waals surface area contributed by atoms with Crippen molar-refractivity contribution in [3.8, 4) is 6.07 Å². The predicted molar refractivity (Wildman–Crippen MR) is 81.4 cm³/mol. The summed E-state index contributed by atoms with van der Waals surface area (Å²) in [5, 5.41) is 15.6. The number of aromatic nitrogens is 2. The number of amides is 1. The number of carbonyl (C=O) groups is 1. The van der Waals surface area contributed by atoms with Crippen molar-refractivity contribution in [3.63, 3.8) is 0 Å². The van der Waals surface area contributed by atoms with Gasteiger partial charge in [0.2, 0.25) is 5.89 Å². The lowest BCUT2D eigenvalue weighted by Gasteiger charge is -2.14. The quantitative estimate of drug-likeness (QED) is 0.921. The minimum Gasteiger partial charge on any atom is -0.348 e. The molecule has 0 bridgehead atoms. The van der Waals surface area contributed by atoms with Gasteiger partial charge in [-0.05, 0) is 44.7 Å². The third-order valence-corrected chi connectivity index (χ3v) is 3.99. The van der Waals surface area contributed by atoms with Gasteiger partial charge in [0.25, 0.3) is 5.91 Å². The molecule has 3 rings (SSSR count). The van der Waals surface area contributed by atoms with Crippen LogP contribution < -0.4 is 5.32 Å². The Labute approximate surface area is 133 Å². The summed E-state index contributed by atoms with van der Waals surface area (Å²) in [7, 11) is 1.97. The Kier molecular flexibility index (Phi) is 4.08. The maximum absolute atomic E-state index is 12.3. The fraction of sp³-hybridized carbons (Fsp3) is 0.375. The summed E-state index contributed by atoms with van der Waals surface area (Å²) in [4.78, 5) is 18.7. The van der Waals surface area contributed by atoms with Crippen LogP contribution in [0.2, 0.25) is 0 Å². The summed E-state index contributed by atoms with van der Waals surface area (Å²) >= 11 is 0. The normalized spacial score (nSPS) is 21.1. The second-order valence-corrected chi connectivity index (χ2v) is 5.73. The molecular weight excluding hydrogens is 294 g/mol. The Morgan fingerprint density at radius 1 is 1.43 bits per heavy atom. The fourth-order valence-corrected chi connectivity index (χ4v) is 2.81. The molecule has 1 aliphatic rings. The van der Waals surface area contributed by atoms with E-state index in [0.717, 1.165) is 6.42 Å². The van der Waals surface area contributed by atoms with Gasteiger partial charge in [-0.2, -0.15) is 10.2 Å². The zero-order chi connectivity index (χ0) is 16.4. The Morgan fingerprint density at radius 2 is 2.17 bits per heavy atom. The average Bonchev–Trinajstić information content (AvgIpc) is 3.13. The number of rotatable bonds is 3. The van der Waals surface area contributed by atoms with Gasteiger partial charge in [0.05, 0.1) is 17.7 Å². The van der Waals surface area contributed by atoms with Crippen LogP contribution in [0.15, 0.2) is 28.8 Å². The standard InChI is InChI=1S/C16H17N5O2/c1-10-18-16(23-20-10)14-7-13(9-21(14)2)19-15(22)12-5-3-11(8-17)4-6-12/h3-6,13-14H,7,9H2,1-2H3,(H,19,22)/t13-,14-/m0/s1. The van der Waals surface area contributed by atoms with E-state index in [1.165, 1.54) is 0 Å². The van der Waals surface area contributed by atoms with Crippen molar-refractivity contribution in [1.82, 2.24) is 20.4 Å². The SMILES string of the molecule is Cc1noc([C@@H]2C[C@H](NC(=O)c3ccc(C#N)cc3)CN2C)n1. The van der Waals surface area contributed by atoms with Crippen molar-refractivity contribution in [1.29, 1.82) is 5.26 Å². The first-order chi connectivity index (χ1) is 11.1. The largest absolute Gasteiger partial charge is 0.348 e. The van der Waals surface area contributed by atoms with E-state index in [4.69, 9.17) is 9.78 Å². The zero-order valence-electron chi connectivity index (χ0n) is 13.0. The molecule has 118 valence electrons. The van der Waals surface area contributed by atoms with Crippen LogP contribution in [0.5, 0.6) is 0 Å². The van der Waals surface area contributed by atoms with Crippen molar-refractivity contribution >= 4 is 5.91 Å². The predicted octanol–water partition coefficient (Wildman–Crippen LogP) is 1.42. The molecule has 0 radical (unpaired) electrons. The number of hydrogen-bond donors (Lipinski definition) is 1. The highest BCUT2D eigenvalue weighted by Gasteiger charge is 2.35. The van der Waals surface area contributed by atoms with Crippen molar-refractivity contribution in [2.24, 2.45) is 0 Å². The van der Waals surface area contributed by atoms with E-state index in [2.05, 4.69) is 20.4 Å². The monoisotopic (exact) mass is 311 g/mol. The highest BCUT2D eigenvalue weighted by molar-refractivity contribution is 5.94. The first kappa shape index (κ1) is 15.2. The Balaban J connectivity index is 1.64. The molecule has 7 heteroatoms. The molecular formula is C16H17N5O2. The van der Waals surface area contributed by atoms with Crippen LogP contribution in [-0.4, -0.2) is 40.6 Å². The number of nitrogens with zero attached hydrogens (tertiary/aromatic N) is 4. The van der Waals surface area contributed by atoms with Gasteiger partial charge in [-0.3, -0.25) is 9.69 Å². The molecule has 0 saturated carbocycles. The highest BCUT2D eigenvalue weighted by Crippen LogP contribution is 2.29. The summed E-state index contributed by atoms with van der Waals surface area (Å²) in [6.07, 6.45) is 0.722. The third-order valence-electron chi connectivity index (χ3n) is 3.99. The van der Waals surface area contributed by atoms with E-state index in [1.807, 2.05) is 13.1 Å². The lowest BCUT2D eigenvalue weighted by Crippen LogP contribution is -2.36. The van der Waals surface area contributed by atoms with E-state index < -0.39 is 0 Å². The van der Waals surface area contributed by atoms with Crippen molar-refractivity contribution < 1.29 is 9.32 Å². The molecule has 1 aromatic carbocycles. The molecule has 1 aromatic heterocycles. The Hall–Kier alpha value is -2.72. The zero-order valence-corrected chi connectivity index (χ0v) is 13.0. The van der Waals surface area contributed by atoms with E-state index >= 15 is 0 Å². The summed E-state index contributed by atoms with van der Waals surface area (Å²) < 4.78 is 5.24. The van der Waals surface area contributed by atoms with E-state index in [-0.39, 0.29) is 18.0 Å². The van der Waals surface area contributed by atoms with E-state index in [0.29, 0.717) is 29.4 Å². The summed E-state index contributed by atoms with van der Waals surface area (Å²) in [5.41, 5.74) is 1.08. The smallest absolute Gasteiger partial charge is 0.251 e. The summed E-state index contributed by atoms with van der Waals surface area (Å²) in [6.45, 7) is 2.50. The topological polar surface area (TPSA) is 95.0 Å². The van der Waals surface area contributed by atoms with Crippen LogP contribution in [0, 0.1) is 18.3 Å². The van der Waals surface area contributed by atoms with Gasteiger partial charge < -0.3 is 9.84 Å². The van der Waals surface area contributed by atoms with Crippen molar-refractivity contribution in [2.75, 3.05) is 13.6 Å². The molecule has 2 heterocycles. The van der Waals surface area contributed by atoms with Crippen molar-refractivity contribution in [2.45, 2.75) is 25.4 Å². The molecule has 1 amide bonds. The second-order valence-electron chi connectivity index (χ2n) is 5.73. The number of hydrogen-bond acceptors (Lipinski definition) is 6. The minimum atomic E-state index is -0.143. The summed E-state index contributed by atoms with van der Waals surface area (Å²) in [5.74, 6) is 1.05. The van der Waals surface area contributed by atoms with Gasteiger partial charge in [-0.25, -0.2) is 0 Å². The van der Waals surface area contributed by atoms with Crippen LogP contribution in [0.3, 0.4) is 0 Å². The van der Waals surface area contributed by atoms with Gasteiger partial charge in [0, 0.05) is 18.2 Å².